The molecular weight excluding hydrogens is 289 g/mol. The molecule has 118 valence electrons. The van der Waals surface area contributed by atoms with Crippen molar-refractivity contribution < 1.29 is 4.39 Å². The lowest BCUT2D eigenvalue weighted by atomic mass is 9.90. The zero-order valence-corrected chi connectivity index (χ0v) is 13.6. The highest BCUT2D eigenvalue weighted by molar-refractivity contribution is 6.06. The van der Waals surface area contributed by atoms with E-state index in [2.05, 4.69) is 43.1 Å². The molecule has 0 aliphatic carbocycles. The first-order chi connectivity index (χ1) is 10.9. The Kier molecular flexibility index (Phi) is 2.98. The Labute approximate surface area is 135 Å². The van der Waals surface area contributed by atoms with Gasteiger partial charge in [0.15, 0.2) is 0 Å². The normalized spacial score (nSPS) is 18.7. The van der Waals surface area contributed by atoms with E-state index in [0.717, 1.165) is 34.9 Å². The molecule has 3 nitrogen and oxygen atoms in total. The van der Waals surface area contributed by atoms with Gasteiger partial charge in [-0.1, -0.05) is 32.9 Å². The number of halogens is 1. The Morgan fingerprint density at radius 2 is 1.96 bits per heavy atom. The Hall–Kier alpha value is -2.36. The van der Waals surface area contributed by atoms with Crippen molar-refractivity contribution in [2.45, 2.75) is 33.4 Å². The summed E-state index contributed by atoms with van der Waals surface area (Å²) >= 11 is 0. The molecule has 1 atom stereocenters. The molecular formula is C19H20FN3. The van der Waals surface area contributed by atoms with Crippen LogP contribution in [0.5, 0.6) is 0 Å². The number of nitrogens with zero attached hydrogens (tertiary/aromatic N) is 2. The molecule has 0 aromatic heterocycles. The van der Waals surface area contributed by atoms with Gasteiger partial charge in [-0.25, -0.2) is 9.38 Å². The third kappa shape index (κ3) is 2.38. The van der Waals surface area contributed by atoms with Crippen LogP contribution in [0, 0.1) is 11.2 Å². The maximum atomic E-state index is 13.7. The summed E-state index contributed by atoms with van der Waals surface area (Å²) in [7, 11) is 0. The predicted octanol–water partition coefficient (Wildman–Crippen LogP) is 5.24. The SMILES string of the molecule is CC(C)(C)CC1=Nc2cc(F)ccc2C2Nc3ccccc3N12. The first-order valence-electron chi connectivity index (χ1n) is 7.94. The minimum Gasteiger partial charge on any atom is -0.359 e. The molecule has 1 N–H and O–H groups in total. The average Bonchev–Trinajstić information content (AvgIpc) is 2.85. The second-order valence-corrected chi connectivity index (χ2v) is 7.40. The third-order valence-electron chi connectivity index (χ3n) is 4.22. The summed E-state index contributed by atoms with van der Waals surface area (Å²) in [5.74, 6) is 0.740. The Morgan fingerprint density at radius 1 is 1.17 bits per heavy atom. The highest BCUT2D eigenvalue weighted by Crippen LogP contribution is 2.47. The maximum Gasteiger partial charge on any atom is 0.133 e. The first-order valence-corrected chi connectivity index (χ1v) is 7.94. The van der Waals surface area contributed by atoms with Gasteiger partial charge in [0.2, 0.25) is 0 Å². The Bertz CT molecular complexity index is 805. The van der Waals surface area contributed by atoms with E-state index in [1.807, 2.05) is 18.2 Å². The fourth-order valence-electron chi connectivity index (χ4n) is 3.30. The molecule has 2 heterocycles. The van der Waals surface area contributed by atoms with E-state index in [1.54, 1.807) is 0 Å². The zero-order valence-electron chi connectivity index (χ0n) is 13.6. The maximum absolute atomic E-state index is 13.7. The number of fused-ring (bicyclic) bond motifs is 5. The van der Waals surface area contributed by atoms with Crippen molar-refractivity contribution in [1.82, 2.24) is 0 Å². The molecule has 0 saturated heterocycles. The molecule has 2 aliphatic heterocycles. The molecule has 4 rings (SSSR count). The van der Waals surface area contributed by atoms with Gasteiger partial charge in [0.25, 0.3) is 0 Å². The average molecular weight is 309 g/mol. The van der Waals surface area contributed by atoms with E-state index in [9.17, 15) is 4.39 Å². The minimum absolute atomic E-state index is 0.0159. The molecule has 0 bridgehead atoms. The van der Waals surface area contributed by atoms with E-state index in [1.165, 1.54) is 12.1 Å². The smallest absolute Gasteiger partial charge is 0.133 e. The van der Waals surface area contributed by atoms with E-state index in [4.69, 9.17) is 4.99 Å². The van der Waals surface area contributed by atoms with Gasteiger partial charge in [0, 0.05) is 12.0 Å². The van der Waals surface area contributed by atoms with Crippen molar-refractivity contribution in [2.24, 2.45) is 10.4 Å². The van der Waals surface area contributed by atoms with E-state index in [0.29, 0.717) is 0 Å². The molecule has 0 spiro atoms. The number of hydrogen-bond donors (Lipinski definition) is 1. The number of anilines is 2. The fourth-order valence-corrected chi connectivity index (χ4v) is 3.30. The second-order valence-electron chi connectivity index (χ2n) is 7.40. The summed E-state index contributed by atoms with van der Waals surface area (Å²) in [4.78, 5) is 7.05. The van der Waals surface area contributed by atoms with Crippen LogP contribution in [0.4, 0.5) is 21.5 Å². The van der Waals surface area contributed by atoms with Gasteiger partial charge in [-0.15, -0.1) is 0 Å². The van der Waals surface area contributed by atoms with Crippen LogP contribution in [-0.2, 0) is 0 Å². The van der Waals surface area contributed by atoms with Gasteiger partial charge in [-0.3, -0.25) is 0 Å². The highest BCUT2D eigenvalue weighted by atomic mass is 19.1. The van der Waals surface area contributed by atoms with Gasteiger partial charge in [-0.2, -0.15) is 0 Å². The van der Waals surface area contributed by atoms with Gasteiger partial charge >= 0.3 is 0 Å². The fraction of sp³-hybridized carbons (Fsp3) is 0.316. The number of para-hydroxylation sites is 2. The largest absolute Gasteiger partial charge is 0.359 e. The molecule has 1 unspecified atom stereocenters. The summed E-state index contributed by atoms with van der Waals surface area (Å²) in [5, 5.41) is 3.55. The van der Waals surface area contributed by atoms with Gasteiger partial charge in [0.1, 0.15) is 17.8 Å². The number of benzene rings is 2. The van der Waals surface area contributed by atoms with Crippen LogP contribution in [0.25, 0.3) is 0 Å². The predicted molar refractivity (Wildman–Crippen MR) is 92.9 cm³/mol. The quantitative estimate of drug-likeness (QED) is 0.780. The minimum atomic E-state index is -0.244. The van der Waals surface area contributed by atoms with Crippen molar-refractivity contribution in [3.8, 4) is 0 Å². The topological polar surface area (TPSA) is 27.6 Å². The van der Waals surface area contributed by atoms with E-state index >= 15 is 0 Å². The molecule has 2 aromatic rings. The van der Waals surface area contributed by atoms with E-state index in [-0.39, 0.29) is 17.4 Å². The lowest BCUT2D eigenvalue weighted by Gasteiger charge is -2.35. The van der Waals surface area contributed by atoms with E-state index < -0.39 is 0 Å². The van der Waals surface area contributed by atoms with Gasteiger partial charge in [0.05, 0.1) is 17.1 Å². The Morgan fingerprint density at radius 3 is 2.74 bits per heavy atom. The van der Waals surface area contributed by atoms with Crippen LogP contribution >= 0.6 is 0 Å². The number of amidine groups is 1. The lowest BCUT2D eigenvalue weighted by molar-refractivity contribution is 0.430. The van der Waals surface area contributed by atoms with Crippen molar-refractivity contribution in [1.29, 1.82) is 0 Å². The number of rotatable bonds is 1. The summed E-state index contributed by atoms with van der Waals surface area (Å²) in [5.41, 5.74) is 4.07. The Balaban J connectivity index is 1.88. The van der Waals surface area contributed by atoms with Crippen LogP contribution in [0.2, 0.25) is 0 Å². The van der Waals surface area contributed by atoms with Crippen molar-refractivity contribution >= 4 is 22.9 Å². The van der Waals surface area contributed by atoms with Crippen LogP contribution in [0.15, 0.2) is 47.5 Å². The van der Waals surface area contributed by atoms with Gasteiger partial charge < -0.3 is 10.2 Å². The summed E-state index contributed by atoms with van der Waals surface area (Å²) in [6, 6.07) is 13.1. The van der Waals surface area contributed by atoms with Crippen molar-refractivity contribution in [3.05, 3.63) is 53.8 Å². The first kappa shape index (κ1) is 14.2. The third-order valence-corrected chi connectivity index (χ3v) is 4.22. The van der Waals surface area contributed by atoms with Crippen molar-refractivity contribution in [3.63, 3.8) is 0 Å². The summed E-state index contributed by atoms with van der Waals surface area (Å²) in [6.07, 6.45) is 0.813. The lowest BCUT2D eigenvalue weighted by Crippen LogP contribution is -2.38. The molecule has 2 aromatic carbocycles. The molecule has 23 heavy (non-hydrogen) atoms. The molecule has 4 heteroatoms. The van der Waals surface area contributed by atoms with Crippen LogP contribution in [0.1, 0.15) is 38.9 Å². The zero-order chi connectivity index (χ0) is 16.2. The molecule has 0 saturated carbocycles. The summed E-state index contributed by atoms with van der Waals surface area (Å²) < 4.78 is 13.7. The standard InChI is InChI=1S/C19H20FN3/c1-19(2,3)11-17-21-15-10-12(20)8-9-13(15)18-22-14-6-4-5-7-16(14)23(17)18/h4-10,18,22H,11H2,1-3H3. The van der Waals surface area contributed by atoms with Gasteiger partial charge in [-0.05, 0) is 35.7 Å². The van der Waals surface area contributed by atoms with Crippen LogP contribution in [0.3, 0.4) is 0 Å². The molecule has 0 fully saturated rings. The van der Waals surface area contributed by atoms with Crippen LogP contribution < -0.4 is 10.2 Å². The number of nitrogens with one attached hydrogen (secondary N) is 1. The number of hydrogen-bond acceptors (Lipinski definition) is 3. The van der Waals surface area contributed by atoms with Crippen LogP contribution in [-0.4, -0.2) is 5.84 Å². The monoisotopic (exact) mass is 309 g/mol. The molecule has 0 radical (unpaired) electrons. The second kappa shape index (κ2) is 4.82. The molecule has 0 amide bonds. The number of aliphatic imine (C=N–C) groups is 1. The highest BCUT2D eigenvalue weighted by Gasteiger charge is 2.38. The van der Waals surface area contributed by atoms with Crippen molar-refractivity contribution in [2.75, 3.05) is 10.2 Å². The molecule has 2 aliphatic rings. The summed E-state index contributed by atoms with van der Waals surface area (Å²) in [6.45, 7) is 6.59.